The molecule has 1 aromatic carbocycles. The third-order valence-electron chi connectivity index (χ3n) is 1.41. The minimum atomic E-state index is -0.464. The first-order valence-electron chi connectivity index (χ1n) is 3.09. The SMILES string of the molecule is O=c1oc2c(Cl)ccc(O)c2s1. The fraction of sp³-hybridized carbons (Fsp3) is 0. The molecule has 2 rings (SSSR count). The summed E-state index contributed by atoms with van der Waals surface area (Å²) < 4.78 is 5.15. The maximum atomic E-state index is 10.8. The first kappa shape index (κ1) is 7.64. The molecule has 0 aliphatic carbocycles. The van der Waals surface area contributed by atoms with Crippen LogP contribution in [0, 0.1) is 0 Å². The molecule has 0 amide bonds. The number of aromatic hydroxyl groups is 1. The van der Waals surface area contributed by atoms with Crippen molar-refractivity contribution in [2.45, 2.75) is 0 Å². The number of benzene rings is 1. The number of halogens is 1. The average molecular weight is 203 g/mol. The Morgan fingerprint density at radius 1 is 1.50 bits per heavy atom. The third kappa shape index (κ3) is 1.00. The van der Waals surface area contributed by atoms with Crippen LogP contribution in [0.15, 0.2) is 21.3 Å². The topological polar surface area (TPSA) is 50.4 Å². The first-order valence-corrected chi connectivity index (χ1v) is 4.29. The van der Waals surface area contributed by atoms with Crippen LogP contribution in [0.5, 0.6) is 5.75 Å². The summed E-state index contributed by atoms with van der Waals surface area (Å²) in [5.41, 5.74) is 0.256. The lowest BCUT2D eigenvalue weighted by molar-refractivity contribution is 0.481. The van der Waals surface area contributed by atoms with Crippen LogP contribution < -0.4 is 4.94 Å². The van der Waals surface area contributed by atoms with E-state index in [4.69, 9.17) is 16.0 Å². The lowest BCUT2D eigenvalue weighted by Gasteiger charge is -1.92. The van der Waals surface area contributed by atoms with Gasteiger partial charge in [0.1, 0.15) is 10.4 Å². The number of phenolic OH excluding ortho intramolecular Hbond substituents is 1. The molecule has 0 aliphatic rings. The largest absolute Gasteiger partial charge is 0.506 e. The highest BCUT2D eigenvalue weighted by Crippen LogP contribution is 2.32. The van der Waals surface area contributed by atoms with Crippen LogP contribution in [0.2, 0.25) is 5.02 Å². The van der Waals surface area contributed by atoms with E-state index < -0.39 is 4.94 Å². The molecule has 1 aromatic heterocycles. The van der Waals surface area contributed by atoms with Gasteiger partial charge in [-0.05, 0) is 23.5 Å². The second-order valence-electron chi connectivity index (χ2n) is 2.18. The molecule has 0 saturated carbocycles. The van der Waals surface area contributed by atoms with E-state index in [1.807, 2.05) is 0 Å². The molecule has 5 heteroatoms. The highest BCUT2D eigenvalue weighted by Gasteiger charge is 2.09. The van der Waals surface area contributed by atoms with Gasteiger partial charge < -0.3 is 9.52 Å². The van der Waals surface area contributed by atoms with E-state index in [9.17, 15) is 9.90 Å². The summed E-state index contributed by atoms with van der Waals surface area (Å²) in [6.07, 6.45) is 0. The number of fused-ring (bicyclic) bond motifs is 1. The van der Waals surface area contributed by atoms with Crippen LogP contribution in [0.1, 0.15) is 0 Å². The van der Waals surface area contributed by atoms with Crippen molar-refractivity contribution in [3.05, 3.63) is 26.9 Å². The van der Waals surface area contributed by atoms with Gasteiger partial charge in [0.25, 0.3) is 0 Å². The second kappa shape index (κ2) is 2.50. The minimum absolute atomic E-state index is 0.0188. The molecule has 0 atom stereocenters. The van der Waals surface area contributed by atoms with Crippen LogP contribution >= 0.6 is 22.9 Å². The summed E-state index contributed by atoms with van der Waals surface area (Å²) in [4.78, 5) is 10.3. The van der Waals surface area contributed by atoms with Gasteiger partial charge in [0.05, 0.1) is 5.02 Å². The Kier molecular flexibility index (Phi) is 1.59. The molecular weight excluding hydrogens is 200 g/mol. The maximum absolute atomic E-state index is 10.8. The van der Waals surface area contributed by atoms with Crippen molar-refractivity contribution in [1.82, 2.24) is 0 Å². The Labute approximate surface area is 75.8 Å². The van der Waals surface area contributed by atoms with Crippen LogP contribution in [-0.2, 0) is 0 Å². The van der Waals surface area contributed by atoms with Crippen molar-refractivity contribution in [3.8, 4) is 5.75 Å². The Morgan fingerprint density at radius 3 is 2.92 bits per heavy atom. The predicted octanol–water partition coefficient (Wildman–Crippen LogP) is 2.21. The predicted molar refractivity (Wildman–Crippen MR) is 47.0 cm³/mol. The Balaban J connectivity index is 3.03. The highest BCUT2D eigenvalue weighted by atomic mass is 35.5. The minimum Gasteiger partial charge on any atom is -0.506 e. The number of rotatable bonds is 0. The molecule has 1 N–H and O–H groups in total. The van der Waals surface area contributed by atoms with Gasteiger partial charge in [-0.3, -0.25) is 0 Å². The molecule has 0 unspecified atom stereocenters. The molecule has 12 heavy (non-hydrogen) atoms. The van der Waals surface area contributed by atoms with Gasteiger partial charge in [-0.15, -0.1) is 0 Å². The van der Waals surface area contributed by atoms with Crippen molar-refractivity contribution in [2.24, 2.45) is 0 Å². The molecule has 0 spiro atoms. The van der Waals surface area contributed by atoms with Crippen molar-refractivity contribution < 1.29 is 9.52 Å². The lowest BCUT2D eigenvalue weighted by atomic mass is 10.3. The Morgan fingerprint density at radius 2 is 2.25 bits per heavy atom. The summed E-state index contributed by atoms with van der Waals surface area (Å²) >= 11 is 6.54. The zero-order valence-electron chi connectivity index (χ0n) is 5.70. The van der Waals surface area contributed by atoms with Crippen molar-refractivity contribution in [3.63, 3.8) is 0 Å². The standard InChI is InChI=1S/C7H3ClO3S/c8-3-1-2-4(9)6-5(3)11-7(10)12-6/h1-2,9H. The van der Waals surface area contributed by atoms with Gasteiger partial charge in [-0.2, -0.15) is 0 Å². The zero-order chi connectivity index (χ0) is 8.72. The highest BCUT2D eigenvalue weighted by molar-refractivity contribution is 7.16. The van der Waals surface area contributed by atoms with Crippen LogP contribution in [0.3, 0.4) is 0 Å². The van der Waals surface area contributed by atoms with Gasteiger partial charge in [0.2, 0.25) is 0 Å². The van der Waals surface area contributed by atoms with Gasteiger partial charge in [0, 0.05) is 0 Å². The molecule has 2 aromatic rings. The number of hydrogen-bond acceptors (Lipinski definition) is 4. The van der Waals surface area contributed by atoms with Crippen LogP contribution in [-0.4, -0.2) is 5.11 Å². The van der Waals surface area contributed by atoms with Crippen LogP contribution in [0.25, 0.3) is 10.3 Å². The fourth-order valence-electron chi connectivity index (χ4n) is 0.909. The summed E-state index contributed by atoms with van der Waals surface area (Å²) in [6, 6.07) is 2.91. The smallest absolute Gasteiger partial charge is 0.396 e. The van der Waals surface area contributed by atoms with Crippen molar-refractivity contribution in [2.75, 3.05) is 0 Å². The van der Waals surface area contributed by atoms with E-state index in [-0.39, 0.29) is 11.3 Å². The summed E-state index contributed by atoms with van der Waals surface area (Å²) in [5, 5.41) is 9.60. The lowest BCUT2D eigenvalue weighted by Crippen LogP contribution is -1.79. The van der Waals surface area contributed by atoms with E-state index in [0.717, 1.165) is 11.3 Å². The number of hydrogen-bond donors (Lipinski definition) is 1. The van der Waals surface area contributed by atoms with Gasteiger partial charge in [-0.1, -0.05) is 11.6 Å². The quantitative estimate of drug-likeness (QED) is 0.713. The van der Waals surface area contributed by atoms with Crippen LogP contribution in [0.4, 0.5) is 0 Å². The molecule has 0 bridgehead atoms. The van der Waals surface area contributed by atoms with Crippen molar-refractivity contribution in [1.29, 1.82) is 0 Å². The van der Waals surface area contributed by atoms with E-state index >= 15 is 0 Å². The molecule has 0 saturated heterocycles. The number of phenols is 1. The third-order valence-corrected chi connectivity index (χ3v) is 2.56. The summed E-state index contributed by atoms with van der Waals surface area (Å²) in [7, 11) is 0. The van der Waals surface area contributed by atoms with E-state index in [2.05, 4.69) is 0 Å². The molecule has 1 heterocycles. The molecular formula is C7H3ClO3S. The monoisotopic (exact) mass is 202 g/mol. The van der Waals surface area contributed by atoms with Gasteiger partial charge >= 0.3 is 4.94 Å². The second-order valence-corrected chi connectivity index (χ2v) is 3.53. The summed E-state index contributed by atoms with van der Waals surface area (Å²) in [6.45, 7) is 0. The van der Waals surface area contributed by atoms with Gasteiger partial charge in [0.15, 0.2) is 5.58 Å². The molecule has 0 aliphatic heterocycles. The summed E-state index contributed by atoms with van der Waals surface area (Å²) in [5.74, 6) is 0.0188. The Hall–Kier alpha value is -1.00. The molecule has 62 valence electrons. The van der Waals surface area contributed by atoms with Crippen molar-refractivity contribution >= 4 is 33.2 Å². The molecule has 0 radical (unpaired) electrons. The van der Waals surface area contributed by atoms with Gasteiger partial charge in [-0.25, -0.2) is 4.79 Å². The average Bonchev–Trinajstić information content (AvgIpc) is 2.41. The molecule has 3 nitrogen and oxygen atoms in total. The fourth-order valence-corrected chi connectivity index (χ4v) is 1.87. The molecule has 0 fully saturated rings. The van der Waals surface area contributed by atoms with E-state index in [1.165, 1.54) is 12.1 Å². The Bertz CT molecular complexity index is 443. The zero-order valence-corrected chi connectivity index (χ0v) is 7.28. The maximum Gasteiger partial charge on any atom is 0.396 e. The van der Waals surface area contributed by atoms with E-state index in [1.54, 1.807) is 0 Å². The van der Waals surface area contributed by atoms with E-state index in [0.29, 0.717) is 9.72 Å². The normalized spacial score (nSPS) is 10.8. The first-order chi connectivity index (χ1) is 5.68.